The quantitative estimate of drug-likeness (QED) is 0.219. The molecule has 2 fully saturated rings. The van der Waals surface area contributed by atoms with Gasteiger partial charge in [-0.15, -0.1) is 0 Å². The molecule has 2 saturated carbocycles. The second-order valence-electron chi connectivity index (χ2n) is 17.8. The lowest BCUT2D eigenvalue weighted by Gasteiger charge is -2.37. The molecule has 12 rings (SSSR count). The van der Waals surface area contributed by atoms with Crippen LogP contribution in [-0.2, 0) is 9.59 Å². The minimum atomic E-state index is -0.579. The van der Waals surface area contributed by atoms with Crippen molar-refractivity contribution in [2.75, 3.05) is 22.1 Å². The summed E-state index contributed by atoms with van der Waals surface area (Å²) in [6.07, 6.45) is 15.7. The van der Waals surface area contributed by atoms with E-state index in [4.69, 9.17) is 0 Å². The molecule has 3 heterocycles. The number of anilines is 3. The van der Waals surface area contributed by atoms with Crippen LogP contribution in [0.4, 0.5) is 17.1 Å². The maximum absolute atomic E-state index is 14.7. The van der Waals surface area contributed by atoms with Crippen molar-refractivity contribution < 1.29 is 29.8 Å². The molecule has 0 bridgehead atoms. The van der Waals surface area contributed by atoms with Crippen molar-refractivity contribution in [2.24, 2.45) is 0 Å². The Kier molecular flexibility index (Phi) is 7.78. The normalized spacial score (nSPS) is 23.1. The number of para-hydroxylation sites is 1. The molecule has 61 heavy (non-hydrogen) atoms. The van der Waals surface area contributed by atoms with Gasteiger partial charge >= 0.3 is 0 Å². The molecule has 4 aliphatic carbocycles. The Balaban J connectivity index is 1.05. The van der Waals surface area contributed by atoms with Gasteiger partial charge in [-0.25, -0.2) is 9.98 Å². The number of Topliss-reactive ketones (excluding diaryl/α,β-unsaturated/α-hetero) is 2. The van der Waals surface area contributed by atoms with Gasteiger partial charge in [0.15, 0.2) is 11.6 Å². The van der Waals surface area contributed by atoms with Gasteiger partial charge in [0.1, 0.15) is 0 Å². The zero-order valence-electron chi connectivity index (χ0n) is 34.1. The van der Waals surface area contributed by atoms with E-state index in [1.54, 1.807) is 6.08 Å². The Labute approximate surface area is 352 Å². The van der Waals surface area contributed by atoms with Gasteiger partial charge in [-0.1, -0.05) is 85.0 Å². The van der Waals surface area contributed by atoms with Gasteiger partial charge in [0.2, 0.25) is 22.0 Å². The minimum absolute atomic E-state index is 0.158. The SMILES string of the molecule is CCN1/C(=C/C2=C([O-])C(=c3\ccc4ccc(C5=C([O-])/C(=c6\ccc7cccc8c7c6=[NH+]C6(CCCCC6)N8)C5=O)c5c4c3=[NH+]C3(CCCCC3)N5)/C2=O)C=Cc2ccccc21. The molecule has 302 valence electrons. The molecule has 5 aromatic rings. The van der Waals surface area contributed by atoms with Gasteiger partial charge in [-0.05, 0) is 85.4 Å². The van der Waals surface area contributed by atoms with Gasteiger partial charge in [0.05, 0.1) is 32.6 Å². The number of benzene rings is 5. The number of nitrogens with one attached hydrogen (secondary N) is 4. The van der Waals surface area contributed by atoms with Crippen LogP contribution in [0.25, 0.3) is 44.3 Å². The number of carbonyl (C=O) groups excluding carboxylic acids is 2. The largest absolute Gasteiger partial charge is 0.871 e. The first-order chi connectivity index (χ1) is 29.8. The average Bonchev–Trinajstić information content (AvgIpc) is 3.28. The number of rotatable bonds is 3. The highest BCUT2D eigenvalue weighted by Crippen LogP contribution is 2.43. The maximum atomic E-state index is 14.7. The molecule has 9 nitrogen and oxygen atoms in total. The van der Waals surface area contributed by atoms with Gasteiger partial charge in [-0.3, -0.25) is 9.59 Å². The first-order valence-corrected chi connectivity index (χ1v) is 22.0. The third kappa shape index (κ3) is 5.19. The lowest BCUT2D eigenvalue weighted by molar-refractivity contribution is -0.588. The molecule has 3 aliphatic heterocycles. The Bertz CT molecular complexity index is 3270. The number of hydrogen-bond donors (Lipinski definition) is 4. The Hall–Kier alpha value is -6.74. The first-order valence-electron chi connectivity index (χ1n) is 22.0. The molecule has 0 radical (unpaired) electrons. The summed E-state index contributed by atoms with van der Waals surface area (Å²) in [4.78, 5) is 38.6. The summed E-state index contributed by atoms with van der Waals surface area (Å²) in [6, 6.07) is 25.9. The van der Waals surface area contributed by atoms with Crippen LogP contribution in [0.5, 0.6) is 0 Å². The number of ketones is 2. The topological polar surface area (TPSA) is 136 Å². The zero-order valence-corrected chi connectivity index (χ0v) is 34.1. The molecule has 5 aromatic carbocycles. The molecule has 0 amide bonds. The van der Waals surface area contributed by atoms with Gasteiger partial charge in [0, 0.05) is 71.5 Å². The predicted molar refractivity (Wildman–Crippen MR) is 233 cm³/mol. The van der Waals surface area contributed by atoms with Crippen molar-refractivity contribution in [1.82, 2.24) is 0 Å². The van der Waals surface area contributed by atoms with Crippen LogP contribution < -0.4 is 56.9 Å². The summed E-state index contributed by atoms with van der Waals surface area (Å²) in [6.45, 7) is 2.74. The molecule has 0 atom stereocenters. The molecule has 0 unspecified atom stereocenters. The fraction of sp³-hybridized carbons (Fsp3) is 0.269. The standard InChI is InChI=1S/C52H45N5O4/c1-2-57-32(20-16-29-12-5-6-15-38(29)57)28-36-47(58)41(48(36)59)33-22-18-31-19-23-35(46-40(31)45(33)55-52(56-46)26-9-4-10-27-52)43-49(60)42(50(43)61)34-21-17-30-13-11-14-37-39(30)44(34)54-51(53-37)24-7-3-8-25-51/h5-6,11-23,28,53,56,58,60H,2-4,7-10,24-27H2,1H3/b32-28+,41-33-,42-34-. The summed E-state index contributed by atoms with van der Waals surface area (Å²) in [5.74, 6) is -1.11. The minimum Gasteiger partial charge on any atom is -0.871 e. The summed E-state index contributed by atoms with van der Waals surface area (Å²) in [5.41, 5.74) is 4.99. The van der Waals surface area contributed by atoms with Crippen molar-refractivity contribution in [1.29, 1.82) is 0 Å². The Morgan fingerprint density at radius 3 is 1.98 bits per heavy atom. The fourth-order valence-corrected chi connectivity index (χ4v) is 11.3. The van der Waals surface area contributed by atoms with E-state index in [0.29, 0.717) is 33.6 Å². The van der Waals surface area contributed by atoms with Gasteiger partial charge in [-0.2, -0.15) is 0 Å². The average molecular weight is 804 g/mol. The van der Waals surface area contributed by atoms with Crippen molar-refractivity contribution in [2.45, 2.75) is 82.5 Å². The second kappa shape index (κ2) is 13.1. The van der Waals surface area contributed by atoms with E-state index in [-0.39, 0.29) is 51.0 Å². The molecule has 9 heteroatoms. The second-order valence-corrected chi connectivity index (χ2v) is 17.8. The summed E-state index contributed by atoms with van der Waals surface area (Å²) in [7, 11) is 0. The summed E-state index contributed by atoms with van der Waals surface area (Å²) >= 11 is 0. The van der Waals surface area contributed by atoms with Crippen molar-refractivity contribution in [3.63, 3.8) is 0 Å². The van der Waals surface area contributed by atoms with Crippen LogP contribution >= 0.6 is 0 Å². The van der Waals surface area contributed by atoms with Crippen LogP contribution in [0.3, 0.4) is 0 Å². The molecule has 0 saturated heterocycles. The van der Waals surface area contributed by atoms with E-state index < -0.39 is 5.66 Å². The predicted octanol–water partition coefficient (Wildman–Crippen LogP) is 1.86. The molecule has 2 spiro atoms. The Morgan fingerprint density at radius 2 is 1.30 bits per heavy atom. The maximum Gasteiger partial charge on any atom is 0.234 e. The third-order valence-corrected chi connectivity index (χ3v) is 14.4. The van der Waals surface area contributed by atoms with Crippen LogP contribution in [-0.4, -0.2) is 29.4 Å². The highest BCUT2D eigenvalue weighted by molar-refractivity contribution is 6.52. The molecule has 4 N–H and O–H groups in total. The zero-order chi connectivity index (χ0) is 41.2. The number of fused-ring (bicyclic) bond motifs is 1. The smallest absolute Gasteiger partial charge is 0.234 e. The van der Waals surface area contributed by atoms with E-state index in [1.807, 2.05) is 66.7 Å². The molecular weight excluding hydrogens is 759 g/mol. The molecule has 7 aliphatic rings. The van der Waals surface area contributed by atoms with Gasteiger partial charge in [0.25, 0.3) is 0 Å². The molecular formula is C52H45N5O4. The summed E-state index contributed by atoms with van der Waals surface area (Å²) < 4.78 is 0. The summed E-state index contributed by atoms with van der Waals surface area (Å²) in [5, 5.41) is 42.9. The van der Waals surface area contributed by atoms with E-state index in [1.165, 1.54) is 6.42 Å². The lowest BCUT2D eigenvalue weighted by atomic mass is 9.79. The highest BCUT2D eigenvalue weighted by Gasteiger charge is 2.44. The fourth-order valence-electron chi connectivity index (χ4n) is 11.3. The van der Waals surface area contributed by atoms with Gasteiger partial charge < -0.3 is 25.7 Å². The number of carbonyl (C=O) groups is 2. The number of likely N-dealkylation sites (N-methyl/N-ethyl adjacent to an activating group) is 1. The number of hydrogen-bond acceptors (Lipinski definition) is 7. The molecule has 0 aromatic heterocycles. The van der Waals surface area contributed by atoms with E-state index in [9.17, 15) is 19.8 Å². The van der Waals surface area contributed by atoms with Crippen LogP contribution in [0.15, 0.2) is 114 Å². The Morgan fingerprint density at radius 1 is 0.656 bits per heavy atom. The van der Waals surface area contributed by atoms with E-state index in [2.05, 4.69) is 56.7 Å². The van der Waals surface area contributed by atoms with E-state index in [0.717, 1.165) is 107 Å². The number of nitrogens with zero attached hydrogens (tertiary/aromatic N) is 1. The highest BCUT2D eigenvalue weighted by atomic mass is 16.3. The van der Waals surface area contributed by atoms with Crippen LogP contribution in [0, 0.1) is 0 Å². The van der Waals surface area contributed by atoms with E-state index >= 15 is 0 Å². The van der Waals surface area contributed by atoms with Crippen molar-refractivity contribution in [3.05, 3.63) is 146 Å². The monoisotopic (exact) mass is 803 g/mol. The first kappa shape index (κ1) is 36.1. The van der Waals surface area contributed by atoms with Crippen LogP contribution in [0.1, 0.15) is 82.3 Å². The van der Waals surface area contributed by atoms with Crippen molar-refractivity contribution >= 4 is 73.0 Å². The van der Waals surface area contributed by atoms with Crippen LogP contribution in [0.2, 0.25) is 0 Å². The lowest BCUT2D eigenvalue weighted by Crippen LogP contribution is -2.96. The van der Waals surface area contributed by atoms with Crippen molar-refractivity contribution in [3.8, 4) is 0 Å². The number of allylic oxidation sites excluding steroid dienone is 6. The third-order valence-electron chi connectivity index (χ3n) is 14.4.